The normalized spacial score (nSPS) is 21.2. The van der Waals surface area contributed by atoms with Crippen molar-refractivity contribution in [3.8, 4) is 0 Å². The van der Waals surface area contributed by atoms with Gasteiger partial charge >= 0.3 is 0 Å². The molecule has 1 aliphatic carbocycles. The van der Waals surface area contributed by atoms with Crippen LogP contribution >= 0.6 is 15.9 Å². The Morgan fingerprint density at radius 3 is 2.82 bits per heavy atom. The standard InChI is InChI=1S/C24H27BrN2O/c1-15-8-9-16(2)18(12-15)6-4-5-7-20-17(3)23(20)24(28)19-10-11-27-22(13-19)21(25)14-26-27/h8-14,17,20,23H,4-7H2,1-3H3. The highest BCUT2D eigenvalue weighted by molar-refractivity contribution is 9.10. The summed E-state index contributed by atoms with van der Waals surface area (Å²) >= 11 is 3.50. The maximum absolute atomic E-state index is 13.0. The van der Waals surface area contributed by atoms with Crippen molar-refractivity contribution in [3.05, 3.63) is 69.5 Å². The smallest absolute Gasteiger partial charge is 0.166 e. The lowest BCUT2D eigenvalue weighted by Crippen LogP contribution is -2.05. The van der Waals surface area contributed by atoms with Crippen molar-refractivity contribution in [2.45, 2.75) is 46.5 Å². The molecule has 1 saturated carbocycles. The van der Waals surface area contributed by atoms with E-state index in [1.165, 1.54) is 29.5 Å². The van der Waals surface area contributed by atoms with E-state index in [0.717, 1.165) is 28.4 Å². The maximum Gasteiger partial charge on any atom is 0.166 e. The summed E-state index contributed by atoms with van der Waals surface area (Å²) in [5, 5.41) is 4.25. The number of pyridine rings is 1. The van der Waals surface area contributed by atoms with Crippen molar-refractivity contribution in [2.24, 2.45) is 17.8 Å². The van der Waals surface area contributed by atoms with Crippen molar-refractivity contribution < 1.29 is 4.79 Å². The van der Waals surface area contributed by atoms with E-state index in [0.29, 0.717) is 17.6 Å². The number of ketones is 1. The summed E-state index contributed by atoms with van der Waals surface area (Å²) < 4.78 is 2.72. The average molecular weight is 439 g/mol. The largest absolute Gasteiger partial charge is 0.294 e. The number of hydrogen-bond donors (Lipinski definition) is 0. The van der Waals surface area contributed by atoms with Gasteiger partial charge < -0.3 is 0 Å². The van der Waals surface area contributed by atoms with Crippen LogP contribution in [0.15, 0.2) is 47.2 Å². The van der Waals surface area contributed by atoms with E-state index in [-0.39, 0.29) is 5.92 Å². The molecular formula is C24H27BrN2O. The molecule has 0 N–H and O–H groups in total. The number of aromatic nitrogens is 2. The van der Waals surface area contributed by atoms with Gasteiger partial charge in [0.1, 0.15) is 0 Å². The van der Waals surface area contributed by atoms with Crippen LogP contribution in [-0.4, -0.2) is 15.4 Å². The summed E-state index contributed by atoms with van der Waals surface area (Å²) in [6, 6.07) is 10.6. The van der Waals surface area contributed by atoms with Gasteiger partial charge in [-0.15, -0.1) is 0 Å². The lowest BCUT2D eigenvalue weighted by Gasteiger charge is -2.07. The third-order valence-corrected chi connectivity index (χ3v) is 6.97. The Hall–Kier alpha value is -1.94. The molecule has 146 valence electrons. The number of rotatable bonds is 7. The molecule has 1 aromatic carbocycles. The van der Waals surface area contributed by atoms with Crippen molar-refractivity contribution in [1.29, 1.82) is 0 Å². The van der Waals surface area contributed by atoms with Gasteiger partial charge in [-0.2, -0.15) is 5.10 Å². The van der Waals surface area contributed by atoms with Gasteiger partial charge in [-0.05, 0) is 84.1 Å². The molecule has 3 nitrogen and oxygen atoms in total. The van der Waals surface area contributed by atoms with Gasteiger partial charge in [-0.25, -0.2) is 4.52 Å². The molecule has 0 radical (unpaired) electrons. The lowest BCUT2D eigenvalue weighted by molar-refractivity contribution is 0.0956. The third kappa shape index (κ3) is 3.80. The van der Waals surface area contributed by atoms with E-state index in [2.05, 4.69) is 60.0 Å². The minimum Gasteiger partial charge on any atom is -0.294 e. The van der Waals surface area contributed by atoms with Crippen LogP contribution in [0.25, 0.3) is 5.52 Å². The molecule has 0 aliphatic heterocycles. The molecule has 28 heavy (non-hydrogen) atoms. The molecule has 4 rings (SSSR count). The van der Waals surface area contributed by atoms with Gasteiger partial charge in [0, 0.05) is 17.7 Å². The van der Waals surface area contributed by atoms with Gasteiger partial charge in [0.2, 0.25) is 0 Å². The Balaban J connectivity index is 1.32. The van der Waals surface area contributed by atoms with Crippen LogP contribution in [0.1, 0.15) is 53.2 Å². The first-order valence-electron chi connectivity index (χ1n) is 10.2. The fourth-order valence-corrected chi connectivity index (χ4v) is 4.87. The molecule has 4 heteroatoms. The zero-order chi connectivity index (χ0) is 19.8. The summed E-state index contributed by atoms with van der Waals surface area (Å²) in [6.45, 7) is 6.58. The van der Waals surface area contributed by atoms with Gasteiger partial charge in [0.25, 0.3) is 0 Å². The molecule has 0 amide bonds. The molecule has 3 unspecified atom stereocenters. The van der Waals surface area contributed by atoms with Crippen molar-refractivity contribution in [3.63, 3.8) is 0 Å². The summed E-state index contributed by atoms with van der Waals surface area (Å²) in [4.78, 5) is 13.0. The second-order valence-electron chi connectivity index (χ2n) is 8.33. The second kappa shape index (κ2) is 7.82. The first kappa shape index (κ1) is 19.4. The zero-order valence-corrected chi connectivity index (χ0v) is 18.4. The van der Waals surface area contributed by atoms with Gasteiger partial charge in [-0.3, -0.25) is 4.79 Å². The lowest BCUT2D eigenvalue weighted by atomic mass is 9.99. The van der Waals surface area contributed by atoms with Crippen molar-refractivity contribution in [1.82, 2.24) is 9.61 Å². The number of unbranched alkanes of at least 4 members (excludes halogenated alkanes) is 1. The summed E-state index contributed by atoms with van der Waals surface area (Å²) in [7, 11) is 0. The quantitative estimate of drug-likeness (QED) is 0.325. The second-order valence-corrected chi connectivity index (χ2v) is 9.18. The van der Waals surface area contributed by atoms with Crippen molar-refractivity contribution in [2.75, 3.05) is 0 Å². The maximum atomic E-state index is 13.0. The van der Waals surface area contributed by atoms with Crippen LogP contribution in [0.5, 0.6) is 0 Å². The zero-order valence-electron chi connectivity index (χ0n) is 16.8. The molecule has 0 spiro atoms. The molecule has 1 aliphatic rings. The fourth-order valence-electron chi connectivity index (χ4n) is 4.48. The number of benzene rings is 1. The topological polar surface area (TPSA) is 34.4 Å². The molecular weight excluding hydrogens is 412 g/mol. The van der Waals surface area contributed by atoms with Gasteiger partial charge in [0.15, 0.2) is 5.78 Å². The highest BCUT2D eigenvalue weighted by atomic mass is 79.9. The number of carbonyl (C=O) groups is 1. The van der Waals surface area contributed by atoms with Crippen LogP contribution in [-0.2, 0) is 6.42 Å². The summed E-state index contributed by atoms with van der Waals surface area (Å²) in [6.07, 6.45) is 8.32. The van der Waals surface area contributed by atoms with E-state index in [9.17, 15) is 4.79 Å². The number of fused-ring (bicyclic) bond motifs is 1. The van der Waals surface area contributed by atoms with E-state index in [1.807, 2.05) is 18.3 Å². The Labute approximate surface area is 175 Å². The number of aryl methyl sites for hydroxylation is 3. The Morgan fingerprint density at radius 1 is 1.18 bits per heavy atom. The van der Waals surface area contributed by atoms with Crippen LogP contribution in [0.4, 0.5) is 0 Å². The monoisotopic (exact) mass is 438 g/mol. The van der Waals surface area contributed by atoms with Crippen LogP contribution in [0, 0.1) is 31.6 Å². The van der Waals surface area contributed by atoms with Crippen LogP contribution in [0.3, 0.4) is 0 Å². The van der Waals surface area contributed by atoms with Crippen molar-refractivity contribution >= 4 is 27.2 Å². The summed E-state index contributed by atoms with van der Waals surface area (Å²) in [5.74, 6) is 1.51. The highest BCUT2D eigenvalue weighted by Crippen LogP contribution is 2.50. The minimum absolute atomic E-state index is 0.185. The number of Topliss-reactive ketones (excluding diaryl/α,β-unsaturated/α-hetero) is 1. The molecule has 1 fully saturated rings. The first-order chi connectivity index (χ1) is 13.5. The predicted molar refractivity (Wildman–Crippen MR) is 117 cm³/mol. The minimum atomic E-state index is 0.185. The Kier molecular flexibility index (Phi) is 5.42. The van der Waals surface area contributed by atoms with E-state index >= 15 is 0 Å². The van der Waals surface area contributed by atoms with E-state index in [4.69, 9.17) is 0 Å². The van der Waals surface area contributed by atoms with E-state index in [1.54, 1.807) is 10.7 Å². The molecule has 3 atom stereocenters. The Bertz CT molecular complexity index is 1020. The number of halogens is 1. The number of carbonyl (C=O) groups excluding carboxylic acids is 1. The molecule has 3 aromatic rings. The number of hydrogen-bond acceptors (Lipinski definition) is 2. The first-order valence-corrected chi connectivity index (χ1v) is 11.0. The predicted octanol–water partition coefficient (Wildman–Crippen LogP) is 6.19. The van der Waals surface area contributed by atoms with Gasteiger partial charge in [0.05, 0.1) is 16.2 Å². The van der Waals surface area contributed by atoms with Crippen LogP contribution in [0.2, 0.25) is 0 Å². The third-order valence-electron chi connectivity index (χ3n) is 6.36. The van der Waals surface area contributed by atoms with Gasteiger partial charge in [-0.1, -0.05) is 37.1 Å². The summed E-state index contributed by atoms with van der Waals surface area (Å²) in [5.41, 5.74) is 5.95. The number of nitrogens with zero attached hydrogens (tertiary/aromatic N) is 2. The molecule has 0 saturated heterocycles. The SMILES string of the molecule is Cc1ccc(C)c(CCCCC2C(C)C2C(=O)c2ccn3ncc(Br)c3c2)c1. The molecule has 2 aromatic heterocycles. The van der Waals surface area contributed by atoms with Crippen LogP contribution < -0.4 is 0 Å². The Morgan fingerprint density at radius 2 is 2.00 bits per heavy atom. The highest BCUT2D eigenvalue weighted by Gasteiger charge is 2.50. The average Bonchev–Trinajstić information content (AvgIpc) is 3.18. The molecule has 2 heterocycles. The van der Waals surface area contributed by atoms with E-state index < -0.39 is 0 Å². The molecule has 0 bridgehead atoms. The fraction of sp³-hybridized carbons (Fsp3) is 0.417.